The van der Waals surface area contributed by atoms with E-state index in [9.17, 15) is 31.2 Å². The Hall–Kier alpha value is -3.08. The molecule has 11 heteroatoms. The molecule has 0 aromatic heterocycles. The molecule has 0 saturated carbocycles. The van der Waals surface area contributed by atoms with Gasteiger partial charge in [0.1, 0.15) is 12.6 Å². The quantitative estimate of drug-likeness (QED) is 0.592. The molecule has 33 heavy (non-hydrogen) atoms. The summed E-state index contributed by atoms with van der Waals surface area (Å²) in [4.78, 5) is 27.0. The molecule has 0 aliphatic rings. The van der Waals surface area contributed by atoms with Crippen molar-refractivity contribution < 1.29 is 31.2 Å². The Bertz CT molecular complexity index is 1080. The third kappa shape index (κ3) is 6.95. The summed E-state index contributed by atoms with van der Waals surface area (Å²) >= 11 is 0. The van der Waals surface area contributed by atoms with Crippen LogP contribution in [-0.2, 0) is 32.3 Å². The average Bonchev–Trinajstić information content (AvgIpc) is 2.76. The first-order chi connectivity index (χ1) is 15.4. The number of likely N-dealkylation sites (N-methyl/N-ethyl adjacent to an activating group) is 1. The summed E-state index contributed by atoms with van der Waals surface area (Å²) in [6.45, 7) is 0.957. The normalized spacial score (nSPS) is 12.7. The standard InChI is InChI=1S/C22H26F3N3O4S/c1-4-19(21(30)26-2)27(14-16-9-6-5-7-10-16)20(29)15-28(33(3,31)32)18-12-8-11-17(13-18)22(23,24)25/h5-13,19H,4,14-15H2,1-3H3,(H,26,30)/t19-/m1/s1. The lowest BCUT2D eigenvalue weighted by Gasteiger charge is -2.32. The monoisotopic (exact) mass is 485 g/mol. The minimum absolute atomic E-state index is 0.0196. The van der Waals surface area contributed by atoms with Gasteiger partial charge in [-0.1, -0.05) is 43.3 Å². The summed E-state index contributed by atoms with van der Waals surface area (Å²) in [6, 6.07) is 11.6. The van der Waals surface area contributed by atoms with Gasteiger partial charge in [-0.15, -0.1) is 0 Å². The number of carbonyl (C=O) groups is 2. The Morgan fingerprint density at radius 2 is 1.70 bits per heavy atom. The predicted molar refractivity (Wildman–Crippen MR) is 119 cm³/mol. The summed E-state index contributed by atoms with van der Waals surface area (Å²) in [6.07, 6.45) is -3.63. The van der Waals surface area contributed by atoms with Gasteiger partial charge in [-0.2, -0.15) is 13.2 Å². The van der Waals surface area contributed by atoms with Crippen LogP contribution in [0.1, 0.15) is 24.5 Å². The first kappa shape index (κ1) is 26.2. The molecule has 0 unspecified atom stereocenters. The number of rotatable bonds is 9. The van der Waals surface area contributed by atoms with Gasteiger partial charge in [0, 0.05) is 13.6 Å². The molecule has 0 heterocycles. The van der Waals surface area contributed by atoms with Crippen molar-refractivity contribution in [3.8, 4) is 0 Å². The van der Waals surface area contributed by atoms with Crippen molar-refractivity contribution in [2.75, 3.05) is 24.2 Å². The molecule has 2 aromatic carbocycles. The number of nitrogens with zero attached hydrogens (tertiary/aromatic N) is 2. The number of benzene rings is 2. The fourth-order valence-electron chi connectivity index (χ4n) is 3.32. The minimum atomic E-state index is -4.69. The maximum atomic E-state index is 13.3. The molecule has 0 fully saturated rings. The zero-order valence-electron chi connectivity index (χ0n) is 18.5. The minimum Gasteiger partial charge on any atom is -0.357 e. The van der Waals surface area contributed by atoms with Crippen LogP contribution < -0.4 is 9.62 Å². The van der Waals surface area contributed by atoms with Crippen molar-refractivity contribution in [2.24, 2.45) is 0 Å². The number of sulfonamides is 1. The van der Waals surface area contributed by atoms with E-state index in [1.807, 2.05) is 0 Å². The van der Waals surface area contributed by atoms with E-state index in [2.05, 4.69) is 5.32 Å². The van der Waals surface area contributed by atoms with E-state index in [0.717, 1.165) is 18.4 Å². The second-order valence-electron chi connectivity index (χ2n) is 7.36. The van der Waals surface area contributed by atoms with Gasteiger partial charge in [-0.05, 0) is 30.2 Å². The third-order valence-corrected chi connectivity index (χ3v) is 6.11. The van der Waals surface area contributed by atoms with Crippen molar-refractivity contribution in [3.63, 3.8) is 0 Å². The highest BCUT2D eigenvalue weighted by Gasteiger charge is 2.34. The second kappa shape index (κ2) is 10.7. The maximum absolute atomic E-state index is 13.3. The van der Waals surface area contributed by atoms with Crippen LogP contribution in [0.2, 0.25) is 0 Å². The molecule has 0 aliphatic carbocycles. The summed E-state index contributed by atoms with van der Waals surface area (Å²) in [7, 11) is -2.70. The van der Waals surface area contributed by atoms with Crippen LogP contribution in [0.4, 0.5) is 18.9 Å². The molecule has 180 valence electrons. The Labute approximate surface area is 191 Å². The van der Waals surface area contributed by atoms with E-state index in [0.29, 0.717) is 15.9 Å². The first-order valence-corrected chi connectivity index (χ1v) is 11.9. The number of hydrogen-bond acceptors (Lipinski definition) is 4. The van der Waals surface area contributed by atoms with Gasteiger partial charge in [0.2, 0.25) is 21.8 Å². The van der Waals surface area contributed by atoms with Gasteiger partial charge in [0.15, 0.2) is 0 Å². The maximum Gasteiger partial charge on any atom is 0.416 e. The summed E-state index contributed by atoms with van der Waals surface area (Å²) in [5.41, 5.74) is -0.634. The van der Waals surface area contributed by atoms with Crippen molar-refractivity contribution >= 4 is 27.5 Å². The molecule has 0 aliphatic heterocycles. The van der Waals surface area contributed by atoms with E-state index < -0.39 is 46.2 Å². The van der Waals surface area contributed by atoms with Crippen molar-refractivity contribution in [1.82, 2.24) is 10.2 Å². The zero-order chi connectivity index (χ0) is 24.8. The number of nitrogens with one attached hydrogen (secondary N) is 1. The van der Waals surface area contributed by atoms with Gasteiger partial charge in [-0.25, -0.2) is 8.42 Å². The number of anilines is 1. The average molecular weight is 486 g/mol. The highest BCUT2D eigenvalue weighted by atomic mass is 32.2. The second-order valence-corrected chi connectivity index (χ2v) is 9.27. The molecule has 0 saturated heterocycles. The molecule has 0 radical (unpaired) electrons. The molecule has 1 N–H and O–H groups in total. The lowest BCUT2D eigenvalue weighted by atomic mass is 10.1. The summed E-state index contributed by atoms with van der Waals surface area (Å²) < 4.78 is 64.9. The molecule has 1 atom stereocenters. The predicted octanol–water partition coefficient (Wildman–Crippen LogP) is 3.02. The Morgan fingerprint density at radius 1 is 1.06 bits per heavy atom. The van der Waals surface area contributed by atoms with Crippen LogP contribution in [0.5, 0.6) is 0 Å². The fraction of sp³-hybridized carbons (Fsp3) is 0.364. The number of hydrogen-bond donors (Lipinski definition) is 1. The summed E-state index contributed by atoms with van der Waals surface area (Å²) in [5.74, 6) is -1.16. The van der Waals surface area contributed by atoms with Crippen LogP contribution >= 0.6 is 0 Å². The van der Waals surface area contributed by atoms with Crippen LogP contribution in [0, 0.1) is 0 Å². The van der Waals surface area contributed by atoms with Gasteiger partial charge < -0.3 is 10.2 Å². The van der Waals surface area contributed by atoms with Crippen LogP contribution in [0.25, 0.3) is 0 Å². The molecule has 2 rings (SSSR count). The van der Waals surface area contributed by atoms with Gasteiger partial charge >= 0.3 is 6.18 Å². The Balaban J connectivity index is 2.45. The topological polar surface area (TPSA) is 86.8 Å². The summed E-state index contributed by atoms with van der Waals surface area (Å²) in [5, 5.41) is 2.49. The molecule has 2 amide bonds. The van der Waals surface area contributed by atoms with Crippen LogP contribution in [0.15, 0.2) is 54.6 Å². The molecular weight excluding hydrogens is 459 g/mol. The fourth-order valence-corrected chi connectivity index (χ4v) is 4.16. The molecule has 2 aromatic rings. The highest BCUT2D eigenvalue weighted by molar-refractivity contribution is 7.92. The van der Waals surface area contributed by atoms with Gasteiger partial charge in [-0.3, -0.25) is 13.9 Å². The van der Waals surface area contributed by atoms with E-state index in [4.69, 9.17) is 0 Å². The zero-order valence-corrected chi connectivity index (χ0v) is 19.3. The van der Waals surface area contributed by atoms with E-state index in [1.165, 1.54) is 18.0 Å². The largest absolute Gasteiger partial charge is 0.416 e. The van der Waals surface area contributed by atoms with E-state index >= 15 is 0 Å². The van der Waals surface area contributed by atoms with Crippen molar-refractivity contribution in [3.05, 3.63) is 65.7 Å². The lowest BCUT2D eigenvalue weighted by Crippen LogP contribution is -2.51. The Morgan fingerprint density at radius 3 is 2.21 bits per heavy atom. The highest BCUT2D eigenvalue weighted by Crippen LogP contribution is 2.32. The number of alkyl halides is 3. The SMILES string of the molecule is CC[C@H](C(=O)NC)N(Cc1ccccc1)C(=O)CN(c1cccc(C(F)(F)F)c1)S(C)(=O)=O. The van der Waals surface area contributed by atoms with Gasteiger partial charge in [0.25, 0.3) is 0 Å². The number of amides is 2. The van der Waals surface area contributed by atoms with Crippen LogP contribution in [0.3, 0.4) is 0 Å². The smallest absolute Gasteiger partial charge is 0.357 e. The number of carbonyl (C=O) groups excluding carboxylic acids is 2. The Kier molecular flexibility index (Phi) is 8.48. The molecule has 7 nitrogen and oxygen atoms in total. The van der Waals surface area contributed by atoms with Gasteiger partial charge in [0.05, 0.1) is 17.5 Å². The first-order valence-electron chi connectivity index (χ1n) is 10.1. The van der Waals surface area contributed by atoms with E-state index in [1.54, 1.807) is 37.3 Å². The third-order valence-electron chi connectivity index (χ3n) is 4.97. The van der Waals surface area contributed by atoms with Crippen molar-refractivity contribution in [2.45, 2.75) is 32.1 Å². The molecular formula is C22H26F3N3O4S. The lowest BCUT2D eigenvalue weighted by molar-refractivity contribution is -0.140. The molecule has 0 spiro atoms. The van der Waals surface area contributed by atoms with Crippen molar-refractivity contribution in [1.29, 1.82) is 0 Å². The van der Waals surface area contributed by atoms with E-state index in [-0.39, 0.29) is 18.7 Å². The molecule has 0 bridgehead atoms. The van der Waals surface area contributed by atoms with Crippen LogP contribution in [-0.4, -0.2) is 51.0 Å². The number of halogens is 3.